The Morgan fingerprint density at radius 2 is 1.89 bits per heavy atom. The minimum atomic E-state index is -3.65. The number of aryl methyl sites for hydroxylation is 1. The second-order valence-electron chi connectivity index (χ2n) is 6.61. The van der Waals surface area contributed by atoms with Crippen molar-refractivity contribution >= 4 is 43.5 Å². The Morgan fingerprint density at radius 1 is 1.14 bits per heavy atom. The van der Waals surface area contributed by atoms with E-state index >= 15 is 0 Å². The van der Waals surface area contributed by atoms with E-state index in [4.69, 9.17) is 0 Å². The van der Waals surface area contributed by atoms with Crippen molar-refractivity contribution in [1.82, 2.24) is 10.0 Å². The number of anilines is 1. The first-order valence-electron chi connectivity index (χ1n) is 8.71. The van der Waals surface area contributed by atoms with Crippen LogP contribution in [-0.4, -0.2) is 32.8 Å². The SMILES string of the molecule is Cc1cc(Br)ccc1NC(=O)CNC(=O)c1cccc(S(=O)(=O)NC2CC2)c1. The van der Waals surface area contributed by atoms with Gasteiger partial charge in [-0.25, -0.2) is 13.1 Å². The van der Waals surface area contributed by atoms with Gasteiger partial charge >= 0.3 is 0 Å². The third-order valence-electron chi connectivity index (χ3n) is 4.18. The molecule has 3 rings (SSSR count). The van der Waals surface area contributed by atoms with Gasteiger partial charge in [0, 0.05) is 21.8 Å². The largest absolute Gasteiger partial charge is 0.343 e. The molecule has 0 aromatic heterocycles. The van der Waals surface area contributed by atoms with E-state index in [-0.39, 0.29) is 29.0 Å². The number of hydrogen-bond acceptors (Lipinski definition) is 4. The second-order valence-corrected chi connectivity index (χ2v) is 9.24. The summed E-state index contributed by atoms with van der Waals surface area (Å²) in [5, 5.41) is 5.23. The number of amides is 2. The summed E-state index contributed by atoms with van der Waals surface area (Å²) in [5.41, 5.74) is 1.71. The topological polar surface area (TPSA) is 104 Å². The van der Waals surface area contributed by atoms with Crippen LogP contribution in [-0.2, 0) is 14.8 Å². The number of nitrogens with one attached hydrogen (secondary N) is 3. The van der Waals surface area contributed by atoms with Gasteiger partial charge in [-0.15, -0.1) is 0 Å². The van der Waals surface area contributed by atoms with Crippen LogP contribution in [0.25, 0.3) is 0 Å². The smallest absolute Gasteiger partial charge is 0.251 e. The average molecular weight is 466 g/mol. The highest BCUT2D eigenvalue weighted by atomic mass is 79.9. The van der Waals surface area contributed by atoms with Crippen molar-refractivity contribution in [3.05, 3.63) is 58.1 Å². The summed E-state index contributed by atoms with van der Waals surface area (Å²) in [6.07, 6.45) is 1.65. The molecule has 3 N–H and O–H groups in total. The van der Waals surface area contributed by atoms with Crippen LogP contribution >= 0.6 is 15.9 Å². The average Bonchev–Trinajstić information content (AvgIpc) is 3.45. The van der Waals surface area contributed by atoms with Gasteiger partial charge < -0.3 is 10.6 Å². The van der Waals surface area contributed by atoms with E-state index in [0.717, 1.165) is 22.9 Å². The molecule has 1 fully saturated rings. The molecule has 2 amide bonds. The van der Waals surface area contributed by atoms with Crippen LogP contribution in [0.15, 0.2) is 51.8 Å². The highest BCUT2D eigenvalue weighted by Gasteiger charge is 2.28. The Kier molecular flexibility index (Phi) is 6.17. The molecule has 0 spiro atoms. The Labute approximate surface area is 172 Å². The van der Waals surface area contributed by atoms with E-state index in [1.807, 2.05) is 19.1 Å². The number of carbonyl (C=O) groups excluding carboxylic acids is 2. The van der Waals surface area contributed by atoms with Crippen molar-refractivity contribution in [3.8, 4) is 0 Å². The van der Waals surface area contributed by atoms with Gasteiger partial charge in [0.25, 0.3) is 5.91 Å². The molecule has 1 saturated carbocycles. The monoisotopic (exact) mass is 465 g/mol. The van der Waals surface area contributed by atoms with Gasteiger partial charge in [-0.2, -0.15) is 0 Å². The predicted molar refractivity (Wildman–Crippen MR) is 110 cm³/mol. The number of sulfonamides is 1. The molecule has 0 saturated heterocycles. The van der Waals surface area contributed by atoms with Gasteiger partial charge in [-0.05, 0) is 61.7 Å². The first kappa shape index (κ1) is 20.5. The number of benzene rings is 2. The van der Waals surface area contributed by atoms with Gasteiger partial charge in [0.1, 0.15) is 0 Å². The van der Waals surface area contributed by atoms with E-state index < -0.39 is 15.9 Å². The molecule has 1 aliphatic rings. The first-order chi connectivity index (χ1) is 13.2. The van der Waals surface area contributed by atoms with Crippen molar-refractivity contribution in [2.45, 2.75) is 30.7 Å². The van der Waals surface area contributed by atoms with E-state index in [1.165, 1.54) is 24.3 Å². The highest BCUT2D eigenvalue weighted by molar-refractivity contribution is 9.10. The number of hydrogen-bond donors (Lipinski definition) is 3. The van der Waals surface area contributed by atoms with Crippen LogP contribution in [0.1, 0.15) is 28.8 Å². The summed E-state index contributed by atoms with van der Waals surface area (Å²) < 4.78 is 28.0. The molecule has 9 heteroatoms. The van der Waals surface area contributed by atoms with Crippen molar-refractivity contribution < 1.29 is 18.0 Å². The van der Waals surface area contributed by atoms with Crippen molar-refractivity contribution in [3.63, 3.8) is 0 Å². The summed E-state index contributed by atoms with van der Waals surface area (Å²) in [6.45, 7) is 1.63. The number of rotatable bonds is 7. The molecule has 0 bridgehead atoms. The van der Waals surface area contributed by atoms with Crippen LogP contribution in [0.2, 0.25) is 0 Å². The maximum atomic E-state index is 12.3. The lowest BCUT2D eigenvalue weighted by Crippen LogP contribution is -2.33. The zero-order valence-corrected chi connectivity index (χ0v) is 17.6. The Balaban J connectivity index is 1.60. The molecular formula is C19H20BrN3O4S. The van der Waals surface area contributed by atoms with E-state index in [2.05, 4.69) is 31.3 Å². The summed E-state index contributed by atoms with van der Waals surface area (Å²) in [4.78, 5) is 24.4. The maximum absolute atomic E-state index is 12.3. The maximum Gasteiger partial charge on any atom is 0.251 e. The van der Waals surface area contributed by atoms with Crippen molar-refractivity contribution in [1.29, 1.82) is 0 Å². The standard InChI is InChI=1S/C19H20BrN3O4S/c1-12-9-14(20)5-8-17(12)22-18(24)11-21-19(25)13-3-2-4-16(10-13)28(26,27)23-15-6-7-15/h2-5,8-10,15,23H,6-7,11H2,1H3,(H,21,25)(H,22,24). The summed E-state index contributed by atoms with van der Waals surface area (Å²) in [6, 6.07) is 11.2. The molecular weight excluding hydrogens is 446 g/mol. The lowest BCUT2D eigenvalue weighted by Gasteiger charge is -2.10. The third kappa shape index (κ3) is 5.40. The molecule has 7 nitrogen and oxygen atoms in total. The molecule has 0 unspecified atom stereocenters. The summed E-state index contributed by atoms with van der Waals surface area (Å²) in [7, 11) is -3.65. The Morgan fingerprint density at radius 3 is 2.57 bits per heavy atom. The predicted octanol–water partition coefficient (Wildman–Crippen LogP) is 2.57. The van der Waals surface area contributed by atoms with Crippen LogP contribution in [0, 0.1) is 6.92 Å². The van der Waals surface area contributed by atoms with Crippen LogP contribution in [0.3, 0.4) is 0 Å². The number of carbonyl (C=O) groups is 2. The summed E-state index contributed by atoms with van der Waals surface area (Å²) >= 11 is 3.36. The lowest BCUT2D eigenvalue weighted by atomic mass is 10.2. The van der Waals surface area contributed by atoms with Crippen molar-refractivity contribution in [2.24, 2.45) is 0 Å². The summed E-state index contributed by atoms with van der Waals surface area (Å²) in [5.74, 6) is -0.899. The molecule has 2 aromatic carbocycles. The molecule has 28 heavy (non-hydrogen) atoms. The molecule has 1 aliphatic carbocycles. The second kappa shape index (κ2) is 8.42. The molecule has 0 atom stereocenters. The van der Waals surface area contributed by atoms with Gasteiger partial charge in [-0.1, -0.05) is 22.0 Å². The fraction of sp³-hybridized carbons (Fsp3) is 0.263. The molecule has 2 aromatic rings. The lowest BCUT2D eigenvalue weighted by molar-refractivity contribution is -0.115. The zero-order chi connectivity index (χ0) is 20.3. The van der Waals surface area contributed by atoms with Crippen LogP contribution in [0.5, 0.6) is 0 Å². The molecule has 0 heterocycles. The van der Waals surface area contributed by atoms with Gasteiger partial charge in [-0.3, -0.25) is 9.59 Å². The highest BCUT2D eigenvalue weighted by Crippen LogP contribution is 2.22. The third-order valence-corrected chi connectivity index (χ3v) is 6.19. The Bertz CT molecular complexity index is 1020. The van der Waals surface area contributed by atoms with Crippen LogP contribution < -0.4 is 15.4 Å². The van der Waals surface area contributed by atoms with Gasteiger partial charge in [0.2, 0.25) is 15.9 Å². The quantitative estimate of drug-likeness (QED) is 0.584. The molecule has 0 aliphatic heterocycles. The van der Waals surface area contributed by atoms with Crippen molar-refractivity contribution in [2.75, 3.05) is 11.9 Å². The van der Waals surface area contributed by atoms with Gasteiger partial charge in [0.15, 0.2) is 0 Å². The van der Waals surface area contributed by atoms with Crippen LogP contribution in [0.4, 0.5) is 5.69 Å². The fourth-order valence-electron chi connectivity index (χ4n) is 2.52. The van der Waals surface area contributed by atoms with E-state index in [1.54, 1.807) is 6.07 Å². The zero-order valence-electron chi connectivity index (χ0n) is 15.2. The first-order valence-corrected chi connectivity index (χ1v) is 11.0. The normalized spacial score (nSPS) is 13.8. The number of halogens is 1. The van der Waals surface area contributed by atoms with E-state index in [9.17, 15) is 18.0 Å². The van der Waals surface area contributed by atoms with E-state index in [0.29, 0.717) is 5.69 Å². The Hall–Kier alpha value is -2.23. The van der Waals surface area contributed by atoms with Gasteiger partial charge in [0.05, 0.1) is 11.4 Å². The minimum absolute atomic E-state index is 0.0201. The molecule has 148 valence electrons. The minimum Gasteiger partial charge on any atom is -0.343 e. The fourth-order valence-corrected chi connectivity index (χ4v) is 4.34. The molecule has 0 radical (unpaired) electrons.